The molecule has 3 rings (SSSR count). The van der Waals surface area contributed by atoms with E-state index in [1.54, 1.807) is 11.7 Å². The van der Waals surface area contributed by atoms with Gasteiger partial charge in [0.1, 0.15) is 5.69 Å². The van der Waals surface area contributed by atoms with Crippen molar-refractivity contribution in [1.82, 2.24) is 20.0 Å². The Morgan fingerprint density at radius 1 is 1.50 bits per heavy atom. The molecule has 0 saturated heterocycles. The predicted octanol–water partition coefficient (Wildman–Crippen LogP) is 1.13. The van der Waals surface area contributed by atoms with E-state index in [9.17, 15) is 4.79 Å². The normalized spacial score (nSPS) is 14.8. The monoisotopic (exact) mass is 247 g/mol. The summed E-state index contributed by atoms with van der Waals surface area (Å²) in [6, 6.07) is 1.99. The minimum Gasteiger partial charge on any atom is -0.401 e. The largest absolute Gasteiger partial charge is 0.401 e. The van der Waals surface area contributed by atoms with Gasteiger partial charge in [-0.1, -0.05) is 5.10 Å². The van der Waals surface area contributed by atoms with Gasteiger partial charge in [-0.3, -0.25) is 14.8 Å². The molecule has 18 heavy (non-hydrogen) atoms. The van der Waals surface area contributed by atoms with E-state index >= 15 is 0 Å². The third-order valence-electron chi connectivity index (χ3n) is 2.82. The first-order chi connectivity index (χ1) is 8.63. The third-order valence-corrected chi connectivity index (χ3v) is 2.82. The van der Waals surface area contributed by atoms with Crippen LogP contribution in [0, 0.1) is 12.8 Å². The Morgan fingerprint density at radius 2 is 2.28 bits per heavy atom. The summed E-state index contributed by atoms with van der Waals surface area (Å²) in [5, 5.41) is 14.5. The van der Waals surface area contributed by atoms with Gasteiger partial charge in [-0.05, 0) is 25.8 Å². The average molecular weight is 247 g/mol. The van der Waals surface area contributed by atoms with Gasteiger partial charge in [0.15, 0.2) is 0 Å². The number of amides is 1. The van der Waals surface area contributed by atoms with E-state index in [1.165, 1.54) is 0 Å². The second kappa shape index (κ2) is 3.94. The number of aryl methyl sites for hydroxylation is 2. The molecule has 1 amide bonds. The lowest BCUT2D eigenvalue weighted by Gasteiger charge is -1.96. The summed E-state index contributed by atoms with van der Waals surface area (Å²) in [6.07, 6.45) is 1.88. The lowest BCUT2D eigenvalue weighted by Crippen LogP contribution is -2.13. The fraction of sp³-hybridized carbons (Fsp3) is 0.455. The van der Waals surface area contributed by atoms with Crippen LogP contribution in [0.1, 0.15) is 18.5 Å². The molecule has 1 aliphatic carbocycles. The molecule has 1 aliphatic rings. The number of carbonyl (C=O) groups is 1. The zero-order chi connectivity index (χ0) is 12.7. The summed E-state index contributed by atoms with van der Waals surface area (Å²) in [6.45, 7) is 1.88. The van der Waals surface area contributed by atoms with Crippen molar-refractivity contribution in [2.45, 2.75) is 19.8 Å². The van der Waals surface area contributed by atoms with Crippen molar-refractivity contribution in [2.24, 2.45) is 13.0 Å². The lowest BCUT2D eigenvalue weighted by atomic mass is 10.4. The Kier molecular flexibility index (Phi) is 2.39. The highest BCUT2D eigenvalue weighted by Gasteiger charge is 2.30. The van der Waals surface area contributed by atoms with Crippen LogP contribution in [0.5, 0.6) is 0 Å². The van der Waals surface area contributed by atoms with Crippen molar-refractivity contribution in [3.63, 3.8) is 0 Å². The highest BCUT2D eigenvalue weighted by atomic mass is 16.4. The molecule has 0 atom stereocenters. The van der Waals surface area contributed by atoms with Crippen LogP contribution in [-0.4, -0.2) is 25.9 Å². The summed E-state index contributed by atoms with van der Waals surface area (Å²) >= 11 is 0. The molecular weight excluding hydrogens is 234 g/mol. The maximum Gasteiger partial charge on any atom is 0.322 e. The molecule has 7 heteroatoms. The molecular formula is C11H13N5O2. The average Bonchev–Trinajstić information content (AvgIpc) is 2.99. The van der Waals surface area contributed by atoms with Crippen LogP contribution in [0.3, 0.4) is 0 Å². The molecule has 1 fully saturated rings. The predicted molar refractivity (Wildman–Crippen MR) is 62.6 cm³/mol. The Labute approximate surface area is 103 Å². The molecule has 2 heterocycles. The number of hydrogen-bond donors (Lipinski definition) is 1. The van der Waals surface area contributed by atoms with Crippen LogP contribution >= 0.6 is 0 Å². The van der Waals surface area contributed by atoms with Crippen LogP contribution in [0.25, 0.3) is 11.6 Å². The second-order valence-electron chi connectivity index (χ2n) is 4.47. The van der Waals surface area contributed by atoms with Crippen molar-refractivity contribution < 1.29 is 9.21 Å². The maximum absolute atomic E-state index is 11.5. The number of rotatable bonds is 3. The molecule has 0 spiro atoms. The fourth-order valence-electron chi connectivity index (χ4n) is 1.74. The number of aromatic nitrogens is 4. The number of anilines is 1. The number of carbonyl (C=O) groups excluding carboxylic acids is 1. The van der Waals surface area contributed by atoms with Gasteiger partial charge < -0.3 is 4.42 Å². The van der Waals surface area contributed by atoms with Gasteiger partial charge in [0.2, 0.25) is 5.91 Å². The number of nitrogens with zero attached hydrogens (tertiary/aromatic N) is 4. The van der Waals surface area contributed by atoms with E-state index in [2.05, 4.69) is 20.6 Å². The van der Waals surface area contributed by atoms with Crippen molar-refractivity contribution >= 4 is 11.9 Å². The zero-order valence-electron chi connectivity index (χ0n) is 10.2. The summed E-state index contributed by atoms with van der Waals surface area (Å²) in [4.78, 5) is 11.5. The van der Waals surface area contributed by atoms with Gasteiger partial charge in [0, 0.05) is 13.0 Å². The van der Waals surface area contributed by atoms with Crippen LogP contribution in [0.15, 0.2) is 10.5 Å². The van der Waals surface area contributed by atoms with Gasteiger partial charge in [-0.15, -0.1) is 5.10 Å². The lowest BCUT2D eigenvalue weighted by molar-refractivity contribution is -0.117. The minimum atomic E-state index is -0.0496. The molecule has 0 bridgehead atoms. The molecule has 7 nitrogen and oxygen atoms in total. The highest BCUT2D eigenvalue weighted by molar-refractivity contribution is 5.92. The zero-order valence-corrected chi connectivity index (χ0v) is 10.2. The Bertz CT molecular complexity index is 596. The summed E-state index contributed by atoms with van der Waals surface area (Å²) in [5.74, 6) is 0.412. The minimum absolute atomic E-state index is 0.0496. The van der Waals surface area contributed by atoms with Crippen molar-refractivity contribution in [1.29, 1.82) is 0 Å². The van der Waals surface area contributed by atoms with E-state index in [1.807, 2.05) is 13.0 Å². The molecule has 94 valence electrons. The first kappa shape index (κ1) is 10.9. The van der Waals surface area contributed by atoms with E-state index in [4.69, 9.17) is 4.42 Å². The Hall–Kier alpha value is -2.18. The molecule has 0 aromatic carbocycles. The van der Waals surface area contributed by atoms with Crippen molar-refractivity contribution in [3.05, 3.63) is 11.8 Å². The van der Waals surface area contributed by atoms with Crippen LogP contribution in [-0.2, 0) is 11.8 Å². The third kappa shape index (κ3) is 1.99. The van der Waals surface area contributed by atoms with Crippen LogP contribution < -0.4 is 5.32 Å². The topological polar surface area (TPSA) is 85.8 Å². The molecule has 0 aliphatic heterocycles. The SMILES string of the molecule is Cc1cc(-c2nnc(NC(=O)C3CC3)o2)n(C)n1. The molecule has 1 N–H and O–H groups in total. The van der Waals surface area contributed by atoms with E-state index in [0.717, 1.165) is 24.2 Å². The van der Waals surface area contributed by atoms with E-state index < -0.39 is 0 Å². The highest BCUT2D eigenvalue weighted by Crippen LogP contribution is 2.30. The smallest absolute Gasteiger partial charge is 0.322 e. The molecule has 2 aromatic rings. The van der Waals surface area contributed by atoms with E-state index in [0.29, 0.717) is 5.89 Å². The molecule has 2 aromatic heterocycles. The van der Waals surface area contributed by atoms with Gasteiger partial charge in [-0.2, -0.15) is 5.10 Å². The van der Waals surface area contributed by atoms with Crippen molar-refractivity contribution in [2.75, 3.05) is 5.32 Å². The second-order valence-corrected chi connectivity index (χ2v) is 4.47. The standard InChI is InChI=1S/C11H13N5O2/c1-6-5-8(16(2)15-6)10-13-14-11(18-10)12-9(17)7-3-4-7/h5,7H,3-4H2,1-2H3,(H,12,14,17). The molecule has 0 radical (unpaired) electrons. The Morgan fingerprint density at radius 3 is 2.89 bits per heavy atom. The summed E-state index contributed by atoms with van der Waals surface area (Å²) in [5.41, 5.74) is 1.60. The van der Waals surface area contributed by atoms with Crippen LogP contribution in [0.4, 0.5) is 6.01 Å². The first-order valence-corrected chi connectivity index (χ1v) is 5.79. The summed E-state index contributed by atoms with van der Waals surface area (Å²) in [7, 11) is 1.80. The maximum atomic E-state index is 11.5. The van der Waals surface area contributed by atoms with Gasteiger partial charge in [0.25, 0.3) is 5.89 Å². The number of hydrogen-bond acceptors (Lipinski definition) is 5. The van der Waals surface area contributed by atoms with Gasteiger partial charge in [-0.25, -0.2) is 0 Å². The Balaban J connectivity index is 1.80. The van der Waals surface area contributed by atoms with Gasteiger partial charge in [0.05, 0.1) is 5.69 Å². The quantitative estimate of drug-likeness (QED) is 0.878. The fourth-order valence-corrected chi connectivity index (χ4v) is 1.74. The molecule has 0 unspecified atom stereocenters. The number of nitrogens with one attached hydrogen (secondary N) is 1. The molecule has 1 saturated carbocycles. The first-order valence-electron chi connectivity index (χ1n) is 5.79. The van der Waals surface area contributed by atoms with Crippen molar-refractivity contribution in [3.8, 4) is 11.6 Å². The van der Waals surface area contributed by atoms with Crippen LogP contribution in [0.2, 0.25) is 0 Å². The summed E-state index contributed by atoms with van der Waals surface area (Å²) < 4.78 is 7.06. The van der Waals surface area contributed by atoms with Gasteiger partial charge >= 0.3 is 6.01 Å². The van der Waals surface area contributed by atoms with E-state index in [-0.39, 0.29) is 17.8 Å².